The van der Waals surface area contributed by atoms with Gasteiger partial charge < -0.3 is 30.6 Å². The summed E-state index contributed by atoms with van der Waals surface area (Å²) in [4.78, 5) is 46.1. The summed E-state index contributed by atoms with van der Waals surface area (Å²) in [5, 5.41) is 6.05. The van der Waals surface area contributed by atoms with Gasteiger partial charge in [0.2, 0.25) is 0 Å². The van der Waals surface area contributed by atoms with E-state index in [1.165, 1.54) is 0 Å². The Hall–Kier alpha value is -4.79. The average Bonchev–Trinajstić information content (AvgIpc) is 3.93. The first-order valence-corrected chi connectivity index (χ1v) is 18.2. The molecule has 0 fully saturated rings. The van der Waals surface area contributed by atoms with E-state index in [2.05, 4.69) is 126 Å². The number of rotatable bonds is 0. The second-order valence-corrected chi connectivity index (χ2v) is 15.9. The minimum Gasteiger partial charge on any atom is -0.361 e. The summed E-state index contributed by atoms with van der Waals surface area (Å²) in [5.74, 6) is -0.534. The summed E-state index contributed by atoms with van der Waals surface area (Å²) >= 11 is 0. The highest BCUT2D eigenvalue weighted by atomic mass is 16.2. The van der Waals surface area contributed by atoms with Crippen molar-refractivity contribution in [2.45, 2.75) is 102 Å². The SMILES string of the molecule is CC1(C)c2ccc([nH]2)C2(C)CCCCNC(=O)c3cccc(n3)C(=O)NCCCCC(C)(c3ccc1[nH]3)c1ccc([nH]1)C(C)(C)c1ccc2[nH]1. The van der Waals surface area contributed by atoms with Crippen LogP contribution in [0.25, 0.3) is 0 Å². The molecule has 8 heterocycles. The summed E-state index contributed by atoms with van der Waals surface area (Å²) < 4.78 is 0. The van der Waals surface area contributed by atoms with Crippen LogP contribution >= 0.6 is 0 Å². The Morgan fingerprint density at radius 1 is 0.460 bits per heavy atom. The van der Waals surface area contributed by atoms with E-state index in [1.807, 2.05) is 0 Å². The third-order valence-electron chi connectivity index (χ3n) is 11.8. The third kappa shape index (κ3) is 5.80. The smallest absolute Gasteiger partial charge is 0.269 e. The first kappa shape index (κ1) is 33.7. The van der Waals surface area contributed by atoms with Crippen LogP contribution < -0.4 is 10.6 Å². The zero-order chi connectivity index (χ0) is 35.3. The Bertz CT molecular complexity index is 1790. The standard InChI is InChI=1S/C41H51N7O2/c1-38(2)28-14-18-32(45-28)40(5)22-7-9-24-42-36(49)26-12-11-13-27(44-26)37(50)43-25-10-8-23-41(6,33-19-15-29(38)46-33)35-21-17-31(48-35)39(3,4)30-16-20-34(40)47-30/h11-21,45-48H,7-10,22-25H2,1-6H3,(H,42,49)(H,43,50). The summed E-state index contributed by atoms with van der Waals surface area (Å²) in [5.41, 5.74) is 8.51. The zero-order valence-electron chi connectivity index (χ0n) is 30.3. The quantitative estimate of drug-likeness (QED) is 0.102. The van der Waals surface area contributed by atoms with Crippen LogP contribution in [0, 0.1) is 0 Å². The van der Waals surface area contributed by atoms with Gasteiger partial charge in [0.1, 0.15) is 11.4 Å². The normalized spacial score (nSPS) is 24.0. The molecule has 9 nitrogen and oxygen atoms in total. The second-order valence-electron chi connectivity index (χ2n) is 15.9. The van der Waals surface area contributed by atoms with E-state index < -0.39 is 0 Å². The van der Waals surface area contributed by atoms with Crippen molar-refractivity contribution >= 4 is 11.8 Å². The van der Waals surface area contributed by atoms with Crippen molar-refractivity contribution in [2.24, 2.45) is 0 Å². The molecule has 0 saturated carbocycles. The molecule has 0 radical (unpaired) electrons. The molecule has 0 atom stereocenters. The molecular weight excluding hydrogens is 622 g/mol. The van der Waals surface area contributed by atoms with Crippen molar-refractivity contribution in [2.75, 3.05) is 13.1 Å². The van der Waals surface area contributed by atoms with Gasteiger partial charge in [-0.15, -0.1) is 0 Å². The molecular formula is C41H51N7O2. The minimum atomic E-state index is -0.332. The number of nitrogens with one attached hydrogen (secondary N) is 6. The van der Waals surface area contributed by atoms with E-state index in [0.717, 1.165) is 84.1 Å². The Balaban J connectivity index is 1.35. The molecule has 6 N–H and O–H groups in total. The van der Waals surface area contributed by atoms with Crippen LogP contribution in [0.2, 0.25) is 0 Å². The fraction of sp³-hybridized carbons (Fsp3) is 0.439. The number of hydrogen-bond acceptors (Lipinski definition) is 3. The first-order chi connectivity index (χ1) is 23.8. The molecule has 5 aromatic rings. The van der Waals surface area contributed by atoms with E-state index in [0.29, 0.717) is 13.1 Å². The predicted molar refractivity (Wildman–Crippen MR) is 197 cm³/mol. The van der Waals surface area contributed by atoms with Gasteiger partial charge in [0, 0.05) is 80.3 Å². The van der Waals surface area contributed by atoms with Gasteiger partial charge in [-0.2, -0.15) is 0 Å². The maximum Gasteiger partial charge on any atom is 0.269 e. The lowest BCUT2D eigenvalue weighted by Crippen LogP contribution is -2.30. The highest BCUT2D eigenvalue weighted by molar-refractivity contribution is 5.96. The molecule has 9 heteroatoms. The molecule has 3 aliphatic heterocycles. The Morgan fingerprint density at radius 2 is 0.780 bits per heavy atom. The highest BCUT2D eigenvalue weighted by Gasteiger charge is 2.39. The molecule has 0 aliphatic carbocycles. The number of nitrogens with zero attached hydrogens (tertiary/aromatic N) is 1. The topological polar surface area (TPSA) is 134 Å². The van der Waals surface area contributed by atoms with Crippen molar-refractivity contribution in [1.29, 1.82) is 0 Å². The van der Waals surface area contributed by atoms with Gasteiger partial charge in [-0.25, -0.2) is 4.98 Å². The van der Waals surface area contributed by atoms with Crippen molar-refractivity contribution < 1.29 is 9.59 Å². The largest absolute Gasteiger partial charge is 0.361 e. The molecule has 12 bridgehead atoms. The number of fused-ring (bicyclic) bond motifs is 10. The molecule has 2 amide bonds. The van der Waals surface area contributed by atoms with Crippen molar-refractivity contribution in [1.82, 2.24) is 35.6 Å². The van der Waals surface area contributed by atoms with Crippen molar-refractivity contribution in [3.63, 3.8) is 0 Å². The molecule has 0 unspecified atom stereocenters. The highest BCUT2D eigenvalue weighted by Crippen LogP contribution is 2.43. The molecule has 0 spiro atoms. The summed E-state index contributed by atoms with van der Waals surface area (Å²) in [6.07, 6.45) is 5.12. The van der Waals surface area contributed by atoms with E-state index in [9.17, 15) is 9.59 Å². The minimum absolute atomic E-state index is 0.251. The number of aromatic nitrogens is 5. The summed E-state index contributed by atoms with van der Waals surface area (Å²) in [6, 6.07) is 23.0. The van der Waals surface area contributed by atoms with Crippen LogP contribution in [-0.4, -0.2) is 49.8 Å². The molecule has 50 heavy (non-hydrogen) atoms. The number of carbonyl (C=O) groups is 2. The van der Waals surface area contributed by atoms with Crippen molar-refractivity contribution in [3.8, 4) is 0 Å². The van der Waals surface area contributed by atoms with E-state index in [4.69, 9.17) is 0 Å². The lowest BCUT2D eigenvalue weighted by atomic mass is 9.78. The zero-order valence-corrected chi connectivity index (χ0v) is 30.3. The van der Waals surface area contributed by atoms with Gasteiger partial charge in [-0.1, -0.05) is 18.9 Å². The number of H-pyrrole nitrogens is 4. The lowest BCUT2D eigenvalue weighted by molar-refractivity contribution is 0.0943. The summed E-state index contributed by atoms with van der Waals surface area (Å²) in [6.45, 7) is 14.8. The van der Waals surface area contributed by atoms with Crippen molar-refractivity contribution in [3.05, 3.63) is 124 Å². The van der Waals surface area contributed by atoms with Gasteiger partial charge in [-0.3, -0.25) is 9.59 Å². The van der Waals surface area contributed by atoms with Crippen LogP contribution in [0.5, 0.6) is 0 Å². The Morgan fingerprint density at radius 3 is 1.12 bits per heavy atom. The molecule has 8 rings (SSSR count). The maximum absolute atomic E-state index is 13.0. The molecule has 0 aromatic carbocycles. The molecule has 3 aliphatic rings. The van der Waals surface area contributed by atoms with Crippen LogP contribution in [0.15, 0.2) is 66.7 Å². The van der Waals surface area contributed by atoms with Gasteiger partial charge in [0.05, 0.1) is 0 Å². The van der Waals surface area contributed by atoms with Crippen LogP contribution in [0.3, 0.4) is 0 Å². The lowest BCUT2D eigenvalue weighted by Gasteiger charge is -2.31. The van der Waals surface area contributed by atoms with Gasteiger partial charge >= 0.3 is 0 Å². The first-order valence-electron chi connectivity index (χ1n) is 18.2. The van der Waals surface area contributed by atoms with Gasteiger partial charge in [-0.05, 0) is 128 Å². The molecule has 5 aromatic heterocycles. The number of carbonyl (C=O) groups excluding carboxylic acids is 2. The average molecular weight is 674 g/mol. The fourth-order valence-electron chi connectivity index (χ4n) is 7.92. The number of pyridine rings is 1. The van der Waals surface area contributed by atoms with E-state index in [-0.39, 0.29) is 44.9 Å². The van der Waals surface area contributed by atoms with Gasteiger partial charge in [0.25, 0.3) is 11.8 Å². The predicted octanol–water partition coefficient (Wildman–Crippen LogP) is 7.49. The number of aromatic amines is 4. The monoisotopic (exact) mass is 673 g/mol. The number of hydrogen-bond donors (Lipinski definition) is 6. The fourth-order valence-corrected chi connectivity index (χ4v) is 7.92. The summed E-state index contributed by atoms with van der Waals surface area (Å²) in [7, 11) is 0. The van der Waals surface area contributed by atoms with Crippen LogP contribution in [-0.2, 0) is 21.7 Å². The number of amides is 2. The van der Waals surface area contributed by atoms with Crippen LogP contribution in [0.4, 0.5) is 0 Å². The Kier molecular flexibility index (Phi) is 8.43. The Labute approximate surface area is 294 Å². The third-order valence-corrected chi connectivity index (χ3v) is 11.8. The second kappa shape index (κ2) is 12.5. The van der Waals surface area contributed by atoms with E-state index in [1.54, 1.807) is 18.2 Å². The molecule has 0 saturated heterocycles. The molecule has 262 valence electrons. The maximum atomic E-state index is 13.0. The van der Waals surface area contributed by atoms with E-state index >= 15 is 0 Å². The van der Waals surface area contributed by atoms with Gasteiger partial charge in [0.15, 0.2) is 0 Å². The van der Waals surface area contributed by atoms with Crippen LogP contribution in [0.1, 0.15) is 147 Å².